The molecular weight excluding hydrogens is 373 g/mol. The van der Waals surface area contributed by atoms with Gasteiger partial charge >= 0.3 is 6.18 Å². The summed E-state index contributed by atoms with van der Waals surface area (Å²) in [6.45, 7) is 1.22. The van der Waals surface area contributed by atoms with Crippen molar-refractivity contribution >= 4 is 15.9 Å². The van der Waals surface area contributed by atoms with Gasteiger partial charge in [0.05, 0.1) is 10.5 Å². The Labute approximate surface area is 149 Å². The maximum atomic E-state index is 12.6. The molecular formula is C16H19F3N2O4S. The number of rotatable bonds is 3. The molecule has 1 atom stereocenters. The van der Waals surface area contributed by atoms with Gasteiger partial charge in [-0.1, -0.05) is 0 Å². The topological polar surface area (TPSA) is 66.9 Å². The molecule has 1 amide bonds. The molecule has 144 valence electrons. The largest absolute Gasteiger partial charge is 0.416 e. The molecule has 3 rings (SSSR count). The van der Waals surface area contributed by atoms with Gasteiger partial charge in [-0.2, -0.15) is 17.5 Å². The first kappa shape index (κ1) is 19.1. The molecule has 10 heteroatoms. The summed E-state index contributed by atoms with van der Waals surface area (Å²) < 4.78 is 69.6. The van der Waals surface area contributed by atoms with Crippen molar-refractivity contribution in [3.05, 3.63) is 29.8 Å². The standard InChI is InChI=1S/C16H19F3N2O4S/c17-16(18,19)12-3-5-13(6-4-12)26(23,24)21-9-7-20(8-10-21)15(22)14-2-1-11-25-14/h3-6,14H,1-2,7-11H2. The second-order valence-electron chi connectivity index (χ2n) is 6.25. The molecule has 2 saturated heterocycles. The fraction of sp³-hybridized carbons (Fsp3) is 0.562. The molecule has 0 aliphatic carbocycles. The molecule has 0 radical (unpaired) electrons. The fourth-order valence-electron chi connectivity index (χ4n) is 3.09. The average Bonchev–Trinajstić information content (AvgIpc) is 3.15. The molecule has 2 aliphatic rings. The zero-order valence-corrected chi connectivity index (χ0v) is 14.7. The molecule has 2 fully saturated rings. The van der Waals surface area contributed by atoms with Crippen LogP contribution < -0.4 is 0 Å². The number of alkyl halides is 3. The van der Waals surface area contributed by atoms with Gasteiger partial charge in [0.15, 0.2) is 0 Å². The van der Waals surface area contributed by atoms with Crippen molar-refractivity contribution in [3.8, 4) is 0 Å². The number of carbonyl (C=O) groups excluding carboxylic acids is 1. The van der Waals surface area contributed by atoms with E-state index in [0.717, 1.165) is 30.7 Å². The third-order valence-electron chi connectivity index (χ3n) is 4.57. The number of amides is 1. The molecule has 26 heavy (non-hydrogen) atoms. The van der Waals surface area contributed by atoms with E-state index < -0.39 is 27.9 Å². The van der Waals surface area contributed by atoms with Crippen LogP contribution in [0.1, 0.15) is 18.4 Å². The van der Waals surface area contributed by atoms with Gasteiger partial charge in [-0.25, -0.2) is 8.42 Å². The Bertz CT molecular complexity index is 751. The number of carbonyl (C=O) groups is 1. The van der Waals surface area contributed by atoms with Crippen molar-refractivity contribution < 1.29 is 31.1 Å². The summed E-state index contributed by atoms with van der Waals surface area (Å²) in [5.41, 5.74) is -0.900. The number of hydrogen-bond donors (Lipinski definition) is 0. The molecule has 0 N–H and O–H groups in total. The highest BCUT2D eigenvalue weighted by Crippen LogP contribution is 2.30. The first-order chi connectivity index (χ1) is 12.2. The summed E-state index contributed by atoms with van der Waals surface area (Å²) in [5, 5.41) is 0. The van der Waals surface area contributed by atoms with Crippen LogP contribution in [-0.4, -0.2) is 62.4 Å². The number of halogens is 3. The molecule has 6 nitrogen and oxygen atoms in total. The summed E-state index contributed by atoms with van der Waals surface area (Å²) in [6, 6.07) is 3.43. The van der Waals surface area contributed by atoms with Crippen molar-refractivity contribution in [3.63, 3.8) is 0 Å². The Morgan fingerprint density at radius 2 is 1.69 bits per heavy atom. The fourth-order valence-corrected chi connectivity index (χ4v) is 4.51. The normalized spacial score (nSPS) is 22.6. The highest BCUT2D eigenvalue weighted by molar-refractivity contribution is 7.89. The van der Waals surface area contributed by atoms with Gasteiger partial charge in [0.2, 0.25) is 10.0 Å². The second kappa shape index (κ2) is 7.16. The minimum atomic E-state index is -4.52. The summed E-state index contributed by atoms with van der Waals surface area (Å²) >= 11 is 0. The molecule has 0 spiro atoms. The minimum Gasteiger partial charge on any atom is -0.368 e. The van der Waals surface area contributed by atoms with Crippen LogP contribution in [0.15, 0.2) is 29.2 Å². The van der Waals surface area contributed by atoms with Gasteiger partial charge in [0, 0.05) is 32.8 Å². The van der Waals surface area contributed by atoms with E-state index in [1.165, 1.54) is 4.31 Å². The lowest BCUT2D eigenvalue weighted by Gasteiger charge is -2.35. The van der Waals surface area contributed by atoms with Gasteiger partial charge in [0.25, 0.3) is 5.91 Å². The maximum absolute atomic E-state index is 12.6. The number of benzene rings is 1. The number of nitrogens with zero attached hydrogens (tertiary/aromatic N) is 2. The van der Waals surface area contributed by atoms with Crippen LogP contribution in [0, 0.1) is 0 Å². The molecule has 2 aliphatic heterocycles. The Balaban J connectivity index is 1.65. The van der Waals surface area contributed by atoms with Crippen LogP contribution in [0.4, 0.5) is 13.2 Å². The van der Waals surface area contributed by atoms with Gasteiger partial charge in [-0.15, -0.1) is 0 Å². The summed E-state index contributed by atoms with van der Waals surface area (Å²) in [5.74, 6) is -0.130. The van der Waals surface area contributed by atoms with E-state index in [2.05, 4.69) is 0 Å². The van der Waals surface area contributed by atoms with E-state index in [1.54, 1.807) is 4.90 Å². The third-order valence-corrected chi connectivity index (χ3v) is 6.49. The van der Waals surface area contributed by atoms with Crippen molar-refractivity contribution in [2.24, 2.45) is 0 Å². The van der Waals surface area contributed by atoms with Crippen LogP contribution in [-0.2, 0) is 25.7 Å². The van der Waals surface area contributed by atoms with Crippen molar-refractivity contribution in [1.82, 2.24) is 9.21 Å². The second-order valence-corrected chi connectivity index (χ2v) is 8.19. The van der Waals surface area contributed by atoms with Gasteiger partial charge in [-0.05, 0) is 37.1 Å². The molecule has 2 heterocycles. The molecule has 0 saturated carbocycles. The van der Waals surface area contributed by atoms with Gasteiger partial charge < -0.3 is 9.64 Å². The number of ether oxygens (including phenoxy) is 1. The lowest BCUT2D eigenvalue weighted by atomic mass is 10.2. The maximum Gasteiger partial charge on any atom is 0.416 e. The smallest absolute Gasteiger partial charge is 0.368 e. The highest BCUT2D eigenvalue weighted by Gasteiger charge is 2.35. The molecule has 1 aromatic carbocycles. The average molecular weight is 392 g/mol. The van der Waals surface area contributed by atoms with Crippen LogP contribution >= 0.6 is 0 Å². The Kier molecular flexibility index (Phi) is 5.27. The summed E-state index contributed by atoms with van der Waals surface area (Å²) in [7, 11) is -3.90. The molecule has 0 aromatic heterocycles. The van der Waals surface area contributed by atoms with Crippen LogP contribution in [0.25, 0.3) is 0 Å². The monoisotopic (exact) mass is 392 g/mol. The summed E-state index contributed by atoms with van der Waals surface area (Å²) in [6.07, 6.45) is -3.47. The quantitative estimate of drug-likeness (QED) is 0.786. The molecule has 0 bridgehead atoms. The highest BCUT2D eigenvalue weighted by atomic mass is 32.2. The number of hydrogen-bond acceptors (Lipinski definition) is 4. The zero-order valence-electron chi connectivity index (χ0n) is 13.9. The lowest BCUT2D eigenvalue weighted by molar-refractivity contribution is -0.142. The van der Waals surface area contributed by atoms with Crippen LogP contribution in [0.2, 0.25) is 0 Å². The first-order valence-electron chi connectivity index (χ1n) is 8.27. The number of sulfonamides is 1. The number of piperazine rings is 1. The van der Waals surface area contributed by atoms with Gasteiger partial charge in [0.1, 0.15) is 6.10 Å². The predicted molar refractivity (Wildman–Crippen MR) is 85.8 cm³/mol. The Morgan fingerprint density at radius 1 is 1.08 bits per heavy atom. The van der Waals surface area contributed by atoms with E-state index in [9.17, 15) is 26.4 Å². The van der Waals surface area contributed by atoms with E-state index in [-0.39, 0.29) is 37.0 Å². The summed E-state index contributed by atoms with van der Waals surface area (Å²) in [4.78, 5) is 13.7. The van der Waals surface area contributed by atoms with Crippen LogP contribution in [0.3, 0.4) is 0 Å². The Morgan fingerprint density at radius 3 is 2.19 bits per heavy atom. The van der Waals surface area contributed by atoms with Crippen molar-refractivity contribution in [2.75, 3.05) is 32.8 Å². The first-order valence-corrected chi connectivity index (χ1v) is 9.71. The van der Waals surface area contributed by atoms with Crippen molar-refractivity contribution in [2.45, 2.75) is 30.0 Å². The van der Waals surface area contributed by atoms with E-state index >= 15 is 0 Å². The zero-order chi connectivity index (χ0) is 18.9. The lowest BCUT2D eigenvalue weighted by Crippen LogP contribution is -2.52. The van der Waals surface area contributed by atoms with E-state index in [0.29, 0.717) is 13.0 Å². The third kappa shape index (κ3) is 3.86. The molecule has 1 aromatic rings. The van der Waals surface area contributed by atoms with E-state index in [4.69, 9.17) is 4.74 Å². The SMILES string of the molecule is O=C(C1CCCO1)N1CCN(S(=O)(=O)c2ccc(C(F)(F)F)cc2)CC1. The van der Waals surface area contributed by atoms with Crippen molar-refractivity contribution in [1.29, 1.82) is 0 Å². The van der Waals surface area contributed by atoms with E-state index in [1.807, 2.05) is 0 Å². The minimum absolute atomic E-state index is 0.0990. The van der Waals surface area contributed by atoms with Crippen LogP contribution in [0.5, 0.6) is 0 Å². The Hall–Kier alpha value is -1.65. The predicted octanol–water partition coefficient (Wildman–Crippen LogP) is 1.72. The molecule has 1 unspecified atom stereocenters. The van der Waals surface area contributed by atoms with Gasteiger partial charge in [-0.3, -0.25) is 4.79 Å².